The van der Waals surface area contributed by atoms with E-state index in [0.717, 1.165) is 11.3 Å². The molecule has 2 aliphatic rings. The van der Waals surface area contributed by atoms with Gasteiger partial charge in [0.2, 0.25) is 0 Å². The standard InChI is InChI=1S/C26H16ClN3O7S/c27-15-5-6-17-20(12-15)38-26(28-17)29-22(13-2-1-3-16(10-13)30(34)35)21(24(32)25(29)33)23(31)14-4-7-18-19(11-14)37-9-8-36-18/h1-7,10-12,22H,8-9H2,(H-,31,32,34,35)/p+1/t22-/m0/s1. The smallest absolute Gasteiger partial charge is 0.316 e. The molecule has 1 atom stereocenters. The number of thiazole rings is 1. The van der Waals surface area contributed by atoms with Gasteiger partial charge >= 0.3 is 5.69 Å². The number of hydrogen-bond acceptors (Lipinski definition) is 8. The Morgan fingerprint density at radius 2 is 1.87 bits per heavy atom. The fraction of sp³-hybridized carbons (Fsp3) is 0.115. The van der Waals surface area contributed by atoms with Gasteiger partial charge < -0.3 is 14.6 Å². The molecule has 0 spiro atoms. The molecular weight excluding hydrogens is 534 g/mol. The van der Waals surface area contributed by atoms with Crippen LogP contribution >= 0.6 is 22.9 Å². The van der Waals surface area contributed by atoms with E-state index in [1.165, 1.54) is 35.2 Å². The second-order valence-corrected chi connectivity index (χ2v) is 9.95. The second-order valence-electron chi connectivity index (χ2n) is 8.50. The van der Waals surface area contributed by atoms with Gasteiger partial charge in [-0.15, -0.1) is 0 Å². The van der Waals surface area contributed by atoms with Crippen molar-refractivity contribution in [3.8, 4) is 11.5 Å². The van der Waals surface area contributed by atoms with Crippen molar-refractivity contribution in [2.24, 2.45) is 0 Å². The number of anilines is 1. The molecule has 0 aliphatic carbocycles. The van der Waals surface area contributed by atoms with Crippen LogP contribution in [-0.2, 0) is 4.79 Å². The van der Waals surface area contributed by atoms with Gasteiger partial charge in [0.15, 0.2) is 28.2 Å². The van der Waals surface area contributed by atoms with Crippen molar-refractivity contribution in [2.75, 3.05) is 18.1 Å². The first-order chi connectivity index (χ1) is 18.3. The highest BCUT2D eigenvalue weighted by Gasteiger charge is 2.46. The number of aliphatic hydroxyl groups excluding tert-OH is 1. The van der Waals surface area contributed by atoms with Gasteiger partial charge in [0.05, 0.1) is 26.7 Å². The SMILES string of the molecule is O=C(C1=C(O)C(=O)N(c2nc3ccc(Cl)cc3s2)[C@H]1c1cccc([N+](=O)O)c1)c1ccc2c(c1)OCCO2. The summed E-state index contributed by atoms with van der Waals surface area (Å²) in [6.07, 6.45) is 0. The minimum absolute atomic E-state index is 0.122. The summed E-state index contributed by atoms with van der Waals surface area (Å²) >= 11 is 7.28. The molecular formula is C26H17ClN3O7S+. The van der Waals surface area contributed by atoms with Crippen LogP contribution in [0.2, 0.25) is 5.02 Å². The molecule has 0 radical (unpaired) electrons. The third-order valence-electron chi connectivity index (χ3n) is 6.21. The minimum Gasteiger partial charge on any atom is -0.503 e. The number of fused-ring (bicyclic) bond motifs is 2. The Morgan fingerprint density at radius 1 is 1.08 bits per heavy atom. The number of aliphatic hydroxyl groups is 1. The first-order valence-electron chi connectivity index (χ1n) is 11.3. The van der Waals surface area contributed by atoms with Crippen LogP contribution in [0.3, 0.4) is 0 Å². The molecule has 3 heterocycles. The number of carbonyl (C=O) groups is 2. The van der Waals surface area contributed by atoms with Crippen molar-refractivity contribution in [3.63, 3.8) is 0 Å². The molecule has 2 aliphatic heterocycles. The van der Waals surface area contributed by atoms with Crippen molar-refractivity contribution in [1.82, 2.24) is 4.98 Å². The van der Waals surface area contributed by atoms with Gasteiger partial charge in [-0.05, 0) is 42.0 Å². The van der Waals surface area contributed by atoms with E-state index in [2.05, 4.69) is 4.98 Å². The number of aromatic nitrogens is 1. The lowest BCUT2D eigenvalue weighted by Gasteiger charge is -2.24. The van der Waals surface area contributed by atoms with Crippen LogP contribution in [-0.4, -0.2) is 45.1 Å². The summed E-state index contributed by atoms with van der Waals surface area (Å²) in [6, 6.07) is 14.3. The number of carbonyl (C=O) groups excluding carboxylic acids is 2. The fourth-order valence-electron chi connectivity index (χ4n) is 4.49. The van der Waals surface area contributed by atoms with E-state index in [9.17, 15) is 24.8 Å². The van der Waals surface area contributed by atoms with Gasteiger partial charge in [-0.25, -0.2) is 10.2 Å². The molecule has 1 aromatic heterocycles. The molecule has 0 bridgehead atoms. The van der Waals surface area contributed by atoms with Crippen molar-refractivity contribution in [2.45, 2.75) is 6.04 Å². The topological polar surface area (TPSA) is 129 Å². The molecule has 3 aromatic carbocycles. The number of ether oxygens (including phenoxy) is 2. The van der Waals surface area contributed by atoms with Gasteiger partial charge in [0.25, 0.3) is 10.8 Å². The first-order valence-corrected chi connectivity index (χ1v) is 12.5. The van der Waals surface area contributed by atoms with E-state index in [1.807, 2.05) is 0 Å². The molecule has 190 valence electrons. The zero-order valence-electron chi connectivity index (χ0n) is 19.3. The van der Waals surface area contributed by atoms with Crippen LogP contribution < -0.4 is 14.4 Å². The summed E-state index contributed by atoms with van der Waals surface area (Å²) in [5.41, 5.74) is 0.699. The second kappa shape index (κ2) is 9.12. The van der Waals surface area contributed by atoms with E-state index in [1.54, 1.807) is 30.3 Å². The van der Waals surface area contributed by atoms with Crippen LogP contribution in [0.25, 0.3) is 10.2 Å². The number of nitrogens with zero attached hydrogens (tertiary/aromatic N) is 3. The van der Waals surface area contributed by atoms with Gasteiger partial charge in [0.1, 0.15) is 13.2 Å². The Labute approximate surface area is 223 Å². The van der Waals surface area contributed by atoms with E-state index in [0.29, 0.717) is 45.5 Å². The highest BCUT2D eigenvalue weighted by Crippen LogP contribution is 2.45. The van der Waals surface area contributed by atoms with Crippen molar-refractivity contribution in [1.29, 1.82) is 0 Å². The van der Waals surface area contributed by atoms with Gasteiger partial charge in [-0.1, -0.05) is 35.1 Å². The maximum atomic E-state index is 13.8. The number of benzene rings is 3. The maximum absolute atomic E-state index is 13.8. The van der Waals surface area contributed by atoms with Gasteiger partial charge in [0, 0.05) is 22.7 Å². The van der Waals surface area contributed by atoms with E-state index in [4.69, 9.17) is 21.1 Å². The van der Waals surface area contributed by atoms with Crippen molar-refractivity contribution < 1.29 is 34.3 Å². The van der Waals surface area contributed by atoms with E-state index in [-0.39, 0.29) is 26.9 Å². The van der Waals surface area contributed by atoms with Gasteiger partial charge in [-0.2, -0.15) is 0 Å². The van der Waals surface area contributed by atoms with E-state index >= 15 is 0 Å². The van der Waals surface area contributed by atoms with Crippen LogP contribution in [0.5, 0.6) is 11.5 Å². The molecule has 0 unspecified atom stereocenters. The Morgan fingerprint density at radius 3 is 2.66 bits per heavy atom. The monoisotopic (exact) mass is 550 g/mol. The third kappa shape index (κ3) is 3.92. The summed E-state index contributed by atoms with van der Waals surface area (Å²) in [7, 11) is 0. The van der Waals surface area contributed by atoms with Crippen molar-refractivity contribution >= 4 is 55.7 Å². The van der Waals surface area contributed by atoms with Crippen LogP contribution in [0.1, 0.15) is 22.0 Å². The summed E-state index contributed by atoms with van der Waals surface area (Å²) in [6.45, 7) is 0.692. The normalized spacial score (nSPS) is 16.8. The highest BCUT2D eigenvalue weighted by atomic mass is 35.5. The predicted molar refractivity (Wildman–Crippen MR) is 138 cm³/mol. The molecule has 38 heavy (non-hydrogen) atoms. The Balaban J connectivity index is 1.50. The number of ketones is 1. The lowest BCUT2D eigenvalue weighted by Crippen LogP contribution is -2.31. The quantitative estimate of drug-likeness (QED) is 0.253. The molecule has 10 nitrogen and oxygen atoms in total. The molecule has 0 fully saturated rings. The van der Waals surface area contributed by atoms with Crippen molar-refractivity contribution in [3.05, 3.63) is 93.1 Å². The molecule has 4 aromatic rings. The number of Topliss-reactive ketones (excluding diaryl/α,β-unsaturated/α-hetero) is 1. The molecule has 12 heteroatoms. The van der Waals surface area contributed by atoms with E-state index < -0.39 is 23.5 Å². The lowest BCUT2D eigenvalue weighted by molar-refractivity contribution is -0.729. The number of rotatable bonds is 5. The zero-order valence-corrected chi connectivity index (χ0v) is 20.9. The average Bonchev–Trinajstić information content (AvgIpc) is 3.45. The Kier molecular flexibility index (Phi) is 5.73. The summed E-state index contributed by atoms with van der Waals surface area (Å²) in [5.74, 6) is -1.37. The fourth-order valence-corrected chi connectivity index (χ4v) is 5.76. The summed E-state index contributed by atoms with van der Waals surface area (Å²) in [5, 5.41) is 21.2. The summed E-state index contributed by atoms with van der Waals surface area (Å²) < 4.78 is 11.8. The first kappa shape index (κ1) is 23.9. The Hall–Kier alpha value is -4.48. The number of halogens is 1. The highest BCUT2D eigenvalue weighted by molar-refractivity contribution is 7.22. The third-order valence-corrected chi connectivity index (χ3v) is 7.46. The molecule has 1 amide bonds. The molecule has 6 rings (SSSR count). The summed E-state index contributed by atoms with van der Waals surface area (Å²) in [4.78, 5) is 44.3. The maximum Gasteiger partial charge on any atom is 0.316 e. The zero-order chi connectivity index (χ0) is 26.6. The molecule has 0 saturated heterocycles. The lowest BCUT2D eigenvalue weighted by atomic mass is 9.92. The van der Waals surface area contributed by atoms with Gasteiger partial charge in [-0.3, -0.25) is 14.5 Å². The largest absolute Gasteiger partial charge is 0.503 e. The van der Waals surface area contributed by atoms with Crippen LogP contribution in [0.15, 0.2) is 72.0 Å². The molecule has 2 N–H and O–H groups in total. The van der Waals surface area contributed by atoms with Crippen LogP contribution in [0, 0.1) is 4.91 Å². The van der Waals surface area contributed by atoms with Crippen LogP contribution in [0.4, 0.5) is 10.8 Å². The number of amides is 1. The Bertz CT molecular complexity index is 1700. The predicted octanol–water partition coefficient (Wildman–Crippen LogP) is 5.30. The number of hydrogen-bond donors (Lipinski definition) is 2. The molecule has 0 saturated carbocycles. The minimum atomic E-state index is -1.15. The average molecular weight is 551 g/mol.